The Morgan fingerprint density at radius 2 is 1.88 bits per heavy atom. The number of aromatic nitrogens is 2. The summed E-state index contributed by atoms with van der Waals surface area (Å²) in [5.74, 6) is 1.09. The van der Waals surface area contributed by atoms with E-state index in [9.17, 15) is 8.42 Å². The lowest BCUT2D eigenvalue weighted by Crippen LogP contribution is -2.22. The van der Waals surface area contributed by atoms with Crippen molar-refractivity contribution in [2.45, 2.75) is 11.5 Å². The van der Waals surface area contributed by atoms with Crippen molar-refractivity contribution in [1.29, 1.82) is 0 Å². The molecule has 0 radical (unpaired) electrons. The number of ether oxygens (including phenoxy) is 1. The molecule has 0 aliphatic carbocycles. The molecule has 0 fully saturated rings. The zero-order chi connectivity index (χ0) is 17.9. The van der Waals surface area contributed by atoms with E-state index in [4.69, 9.17) is 9.15 Å². The Morgan fingerprint density at radius 3 is 2.52 bits per heavy atom. The van der Waals surface area contributed by atoms with E-state index in [1.165, 1.54) is 24.8 Å². The average molecular weight is 359 g/mol. The van der Waals surface area contributed by atoms with Gasteiger partial charge in [-0.05, 0) is 42.0 Å². The highest BCUT2D eigenvalue weighted by molar-refractivity contribution is 7.89. The van der Waals surface area contributed by atoms with E-state index in [2.05, 4.69) is 10.2 Å². The second-order valence-electron chi connectivity index (χ2n) is 5.49. The zero-order valence-corrected chi connectivity index (χ0v) is 14.6. The van der Waals surface area contributed by atoms with Gasteiger partial charge in [0.25, 0.3) is 0 Å². The number of hydrogen-bond donors (Lipinski definition) is 0. The third-order valence-electron chi connectivity index (χ3n) is 3.54. The number of rotatable bonds is 6. The molecule has 7 nitrogen and oxygen atoms in total. The zero-order valence-electron chi connectivity index (χ0n) is 13.8. The van der Waals surface area contributed by atoms with Crippen molar-refractivity contribution in [3.8, 4) is 17.2 Å². The number of nitrogens with zero attached hydrogens (tertiary/aromatic N) is 3. The molecule has 8 heteroatoms. The first-order chi connectivity index (χ1) is 12.0. The van der Waals surface area contributed by atoms with E-state index in [0.717, 1.165) is 11.1 Å². The molecule has 0 saturated carbocycles. The largest absolute Gasteiger partial charge is 0.489 e. The molecule has 1 aromatic heterocycles. The maximum absolute atomic E-state index is 12.2. The van der Waals surface area contributed by atoms with E-state index in [1.54, 1.807) is 30.3 Å². The van der Waals surface area contributed by atoms with E-state index < -0.39 is 10.0 Å². The second-order valence-corrected chi connectivity index (χ2v) is 7.64. The molecular weight excluding hydrogens is 342 g/mol. The Labute approximate surface area is 145 Å². The van der Waals surface area contributed by atoms with Gasteiger partial charge in [0.05, 0.1) is 4.90 Å². The molecule has 0 bridgehead atoms. The molecule has 0 aliphatic heterocycles. The van der Waals surface area contributed by atoms with Crippen LogP contribution in [0.2, 0.25) is 0 Å². The van der Waals surface area contributed by atoms with Crippen molar-refractivity contribution in [3.05, 3.63) is 60.5 Å². The fourth-order valence-corrected chi connectivity index (χ4v) is 3.14. The Morgan fingerprint density at radius 1 is 1.12 bits per heavy atom. The molecule has 1 heterocycles. The van der Waals surface area contributed by atoms with Crippen LogP contribution in [0.5, 0.6) is 5.75 Å². The topological polar surface area (TPSA) is 85.5 Å². The van der Waals surface area contributed by atoms with Crippen LogP contribution in [0.15, 0.2) is 64.2 Å². The Balaban J connectivity index is 1.70. The van der Waals surface area contributed by atoms with Gasteiger partial charge in [0.1, 0.15) is 12.4 Å². The quantitative estimate of drug-likeness (QED) is 0.672. The third kappa shape index (κ3) is 3.86. The SMILES string of the molecule is CN(C)S(=O)(=O)c1cccc(COc2ccc(-c3nnco3)cc2)c1. The van der Waals surface area contributed by atoms with Gasteiger partial charge >= 0.3 is 0 Å². The molecule has 0 saturated heterocycles. The van der Waals surface area contributed by atoms with Gasteiger partial charge in [0, 0.05) is 19.7 Å². The first-order valence-corrected chi connectivity index (χ1v) is 8.92. The summed E-state index contributed by atoms with van der Waals surface area (Å²) in [6, 6.07) is 13.9. The summed E-state index contributed by atoms with van der Waals surface area (Å²) in [7, 11) is -0.452. The summed E-state index contributed by atoms with van der Waals surface area (Å²) >= 11 is 0. The lowest BCUT2D eigenvalue weighted by atomic mass is 10.2. The summed E-state index contributed by atoms with van der Waals surface area (Å²) in [4.78, 5) is 0.241. The van der Waals surface area contributed by atoms with Crippen molar-refractivity contribution in [2.75, 3.05) is 14.1 Å². The smallest absolute Gasteiger partial charge is 0.247 e. The molecule has 25 heavy (non-hydrogen) atoms. The summed E-state index contributed by atoms with van der Waals surface area (Å²) < 4.78 is 36.4. The third-order valence-corrected chi connectivity index (χ3v) is 5.35. The fraction of sp³-hybridized carbons (Fsp3) is 0.176. The average Bonchev–Trinajstić information content (AvgIpc) is 3.15. The summed E-state index contributed by atoms with van der Waals surface area (Å²) in [5.41, 5.74) is 1.56. The van der Waals surface area contributed by atoms with Crippen LogP contribution in [0.1, 0.15) is 5.56 Å². The molecule has 0 aliphatic rings. The van der Waals surface area contributed by atoms with Crippen molar-refractivity contribution in [3.63, 3.8) is 0 Å². The standard InChI is InChI=1S/C17H17N3O4S/c1-20(2)25(21,22)16-5-3-4-13(10-16)11-23-15-8-6-14(7-9-15)17-19-18-12-24-17/h3-10,12H,11H2,1-2H3. The van der Waals surface area contributed by atoms with Gasteiger partial charge in [0.15, 0.2) is 0 Å². The van der Waals surface area contributed by atoms with Crippen LogP contribution in [-0.4, -0.2) is 37.0 Å². The first kappa shape index (κ1) is 17.1. The van der Waals surface area contributed by atoms with Gasteiger partial charge in [-0.3, -0.25) is 0 Å². The highest BCUT2D eigenvalue weighted by Gasteiger charge is 2.17. The number of hydrogen-bond acceptors (Lipinski definition) is 6. The van der Waals surface area contributed by atoms with Crippen LogP contribution < -0.4 is 4.74 Å². The number of benzene rings is 2. The van der Waals surface area contributed by atoms with Crippen LogP contribution in [-0.2, 0) is 16.6 Å². The Bertz CT molecular complexity index is 936. The summed E-state index contributed by atoms with van der Waals surface area (Å²) in [6.45, 7) is 0.261. The monoisotopic (exact) mass is 359 g/mol. The van der Waals surface area contributed by atoms with E-state index in [-0.39, 0.29) is 11.5 Å². The van der Waals surface area contributed by atoms with Gasteiger partial charge < -0.3 is 9.15 Å². The predicted molar refractivity (Wildman–Crippen MR) is 91.4 cm³/mol. The lowest BCUT2D eigenvalue weighted by molar-refractivity contribution is 0.306. The van der Waals surface area contributed by atoms with Crippen molar-refractivity contribution >= 4 is 10.0 Å². The predicted octanol–water partition coefficient (Wildman–Crippen LogP) is 2.57. The lowest BCUT2D eigenvalue weighted by Gasteiger charge is -2.12. The van der Waals surface area contributed by atoms with Crippen molar-refractivity contribution in [2.24, 2.45) is 0 Å². The van der Waals surface area contributed by atoms with Gasteiger partial charge in [-0.25, -0.2) is 12.7 Å². The van der Waals surface area contributed by atoms with Crippen LogP contribution >= 0.6 is 0 Å². The van der Waals surface area contributed by atoms with E-state index in [0.29, 0.717) is 11.6 Å². The maximum Gasteiger partial charge on any atom is 0.247 e. The molecule has 0 spiro atoms. The maximum atomic E-state index is 12.2. The molecule has 0 atom stereocenters. The minimum Gasteiger partial charge on any atom is -0.489 e. The molecule has 2 aromatic carbocycles. The Kier molecular flexibility index (Phi) is 4.82. The molecular formula is C17H17N3O4S. The summed E-state index contributed by atoms with van der Waals surface area (Å²) in [5, 5.41) is 7.48. The fourth-order valence-electron chi connectivity index (χ4n) is 2.17. The minimum atomic E-state index is -3.46. The molecule has 130 valence electrons. The summed E-state index contributed by atoms with van der Waals surface area (Å²) in [6.07, 6.45) is 1.27. The molecule has 3 aromatic rings. The molecule has 0 amide bonds. The first-order valence-electron chi connectivity index (χ1n) is 7.48. The minimum absolute atomic E-state index is 0.241. The number of sulfonamides is 1. The Hall–Kier alpha value is -2.71. The van der Waals surface area contributed by atoms with E-state index in [1.807, 2.05) is 18.2 Å². The van der Waals surface area contributed by atoms with Crippen LogP contribution in [0.4, 0.5) is 0 Å². The van der Waals surface area contributed by atoms with Crippen molar-refractivity contribution < 1.29 is 17.6 Å². The van der Waals surface area contributed by atoms with Gasteiger partial charge in [-0.15, -0.1) is 10.2 Å². The highest BCUT2D eigenvalue weighted by atomic mass is 32.2. The van der Waals surface area contributed by atoms with Crippen LogP contribution in [0.3, 0.4) is 0 Å². The van der Waals surface area contributed by atoms with Gasteiger partial charge in [0.2, 0.25) is 22.3 Å². The van der Waals surface area contributed by atoms with Gasteiger partial charge in [-0.2, -0.15) is 0 Å². The van der Waals surface area contributed by atoms with Crippen LogP contribution in [0, 0.1) is 0 Å². The van der Waals surface area contributed by atoms with Crippen molar-refractivity contribution in [1.82, 2.24) is 14.5 Å². The normalized spacial score (nSPS) is 11.6. The highest BCUT2D eigenvalue weighted by Crippen LogP contribution is 2.21. The second kappa shape index (κ2) is 7.04. The molecule has 3 rings (SSSR count). The molecule has 0 N–H and O–H groups in total. The molecule has 0 unspecified atom stereocenters. The van der Waals surface area contributed by atoms with Gasteiger partial charge in [-0.1, -0.05) is 12.1 Å². The van der Waals surface area contributed by atoms with E-state index >= 15 is 0 Å². The van der Waals surface area contributed by atoms with Crippen LogP contribution in [0.25, 0.3) is 11.5 Å².